The maximum atomic E-state index is 14.0. The Hall–Kier alpha value is -3.40. The first-order valence-corrected chi connectivity index (χ1v) is 17.9. The van der Waals surface area contributed by atoms with E-state index in [1.54, 1.807) is 45.2 Å². The summed E-state index contributed by atoms with van der Waals surface area (Å²) in [6.45, 7) is 11.2. The molecule has 16 heteroatoms. The molecule has 0 bridgehead atoms. The number of aromatic nitrogens is 1. The third kappa shape index (κ3) is 12.2. The third-order valence-electron chi connectivity index (χ3n) is 8.42. The maximum Gasteiger partial charge on any atom is 0.315 e. The maximum absolute atomic E-state index is 14.0. The van der Waals surface area contributed by atoms with Crippen LogP contribution in [0.15, 0.2) is 24.4 Å². The van der Waals surface area contributed by atoms with Gasteiger partial charge < -0.3 is 25.8 Å². The van der Waals surface area contributed by atoms with Crippen LogP contribution in [0.5, 0.6) is 0 Å². The first-order valence-electron chi connectivity index (χ1n) is 16.0. The summed E-state index contributed by atoms with van der Waals surface area (Å²) in [6, 6.07) is 0.377. The summed E-state index contributed by atoms with van der Waals surface area (Å²) in [7, 11) is -0.647. The van der Waals surface area contributed by atoms with E-state index >= 15 is 0 Å². The largest absolute Gasteiger partial charge is 0.344 e. The first kappa shape index (κ1) is 40.8. The van der Waals surface area contributed by atoms with Crippen molar-refractivity contribution < 1.29 is 36.4 Å². The number of nitrogens with one attached hydrogen (secondary N) is 3. The molecule has 1 aliphatic rings. The van der Waals surface area contributed by atoms with Gasteiger partial charge in [-0.3, -0.25) is 19.4 Å². The number of carbonyl (C=O) groups is 4. The second kappa shape index (κ2) is 16.8. The number of halogens is 2. The Morgan fingerprint density at radius 1 is 1.02 bits per heavy atom. The van der Waals surface area contributed by atoms with E-state index in [1.807, 2.05) is 20.8 Å². The molecule has 1 aromatic rings. The van der Waals surface area contributed by atoms with Crippen LogP contribution in [0.2, 0.25) is 0 Å². The van der Waals surface area contributed by atoms with Gasteiger partial charge in [0.1, 0.15) is 18.1 Å². The summed E-state index contributed by atoms with van der Waals surface area (Å²) in [4.78, 5) is 60.8. The number of alkyl halides is 2. The van der Waals surface area contributed by atoms with Crippen LogP contribution in [-0.2, 0) is 30.8 Å². The lowest BCUT2D eigenvalue weighted by Gasteiger charge is -2.37. The Morgan fingerprint density at radius 3 is 2.19 bits per heavy atom. The summed E-state index contributed by atoms with van der Waals surface area (Å²) in [5.41, 5.74) is -0.643. The summed E-state index contributed by atoms with van der Waals surface area (Å²) < 4.78 is 52.3. The molecule has 0 spiro atoms. The van der Waals surface area contributed by atoms with Gasteiger partial charge in [-0.15, -0.1) is 0 Å². The highest BCUT2D eigenvalue weighted by molar-refractivity contribution is 7.88. The molecule has 0 saturated carbocycles. The molecule has 5 amide bonds. The average molecular weight is 702 g/mol. The van der Waals surface area contributed by atoms with Crippen molar-refractivity contribution in [1.29, 1.82) is 0 Å². The average Bonchev–Trinajstić information content (AvgIpc) is 3.46. The molecule has 0 aliphatic carbocycles. The van der Waals surface area contributed by atoms with Crippen LogP contribution in [0.4, 0.5) is 13.6 Å². The number of rotatable bonds is 14. The van der Waals surface area contributed by atoms with Gasteiger partial charge in [0.15, 0.2) is 0 Å². The molecule has 4 atom stereocenters. The fourth-order valence-corrected chi connectivity index (χ4v) is 5.67. The number of sulfonamides is 1. The highest BCUT2D eigenvalue weighted by atomic mass is 32.2. The Bertz CT molecular complexity index is 1370. The number of hydrogen-bond donors (Lipinski definition) is 3. The van der Waals surface area contributed by atoms with Crippen LogP contribution in [0.1, 0.15) is 66.5 Å². The van der Waals surface area contributed by atoms with E-state index in [-0.39, 0.29) is 26.1 Å². The van der Waals surface area contributed by atoms with Gasteiger partial charge in [-0.25, -0.2) is 26.3 Å². The fourth-order valence-electron chi connectivity index (χ4n) is 5.25. The zero-order chi connectivity index (χ0) is 36.6. The molecule has 13 nitrogen and oxygen atoms in total. The Labute approximate surface area is 283 Å². The minimum atomic E-state index is -3.52. The SMILES string of the molecule is CN(CCc1ccccn1)C(=O)[C@H](CC(F)F)NC(=O)[C@@H]1CCCN1C(=O)[C@@H](NC(=O)N[C@H](CN(C)S(C)(=O)=O)C(C)(C)C)C(C)(C)C. The molecule has 1 saturated heterocycles. The van der Waals surface area contributed by atoms with Crippen molar-refractivity contribution in [1.82, 2.24) is 35.0 Å². The molecular formula is C32H53F2N7O6S. The van der Waals surface area contributed by atoms with Crippen molar-refractivity contribution in [3.63, 3.8) is 0 Å². The highest BCUT2D eigenvalue weighted by Crippen LogP contribution is 2.27. The predicted octanol–water partition coefficient (Wildman–Crippen LogP) is 2.23. The monoisotopic (exact) mass is 701 g/mol. The molecule has 2 rings (SSSR count). The smallest absolute Gasteiger partial charge is 0.315 e. The minimum absolute atomic E-state index is 0.00487. The van der Waals surface area contributed by atoms with Crippen molar-refractivity contribution in [3.05, 3.63) is 30.1 Å². The van der Waals surface area contributed by atoms with Gasteiger partial charge in [0.25, 0.3) is 0 Å². The van der Waals surface area contributed by atoms with Gasteiger partial charge >= 0.3 is 6.03 Å². The van der Waals surface area contributed by atoms with E-state index in [4.69, 9.17) is 0 Å². The van der Waals surface area contributed by atoms with Crippen molar-refractivity contribution in [3.8, 4) is 0 Å². The summed E-state index contributed by atoms with van der Waals surface area (Å²) in [5.74, 6) is -1.96. The summed E-state index contributed by atoms with van der Waals surface area (Å²) >= 11 is 0. The second-order valence-corrected chi connectivity index (χ2v) is 16.7. The number of likely N-dealkylation sites (tertiary alicyclic amines) is 1. The predicted molar refractivity (Wildman–Crippen MR) is 178 cm³/mol. The molecule has 0 unspecified atom stereocenters. The number of carbonyl (C=O) groups excluding carboxylic acids is 4. The summed E-state index contributed by atoms with van der Waals surface area (Å²) in [5, 5.41) is 8.01. The molecule has 1 fully saturated rings. The number of amides is 5. The van der Waals surface area contributed by atoms with E-state index in [2.05, 4.69) is 20.9 Å². The van der Waals surface area contributed by atoms with E-state index in [1.165, 1.54) is 23.9 Å². The van der Waals surface area contributed by atoms with Crippen LogP contribution < -0.4 is 16.0 Å². The van der Waals surface area contributed by atoms with Crippen molar-refractivity contribution >= 4 is 33.8 Å². The third-order valence-corrected chi connectivity index (χ3v) is 9.70. The molecule has 2 heterocycles. The zero-order valence-electron chi connectivity index (χ0n) is 29.5. The van der Waals surface area contributed by atoms with Gasteiger partial charge in [-0.05, 0) is 35.8 Å². The second-order valence-electron chi connectivity index (χ2n) is 14.6. The van der Waals surface area contributed by atoms with E-state index in [0.29, 0.717) is 12.8 Å². The number of likely N-dealkylation sites (N-methyl/N-ethyl adjacent to an activating group) is 2. The van der Waals surface area contributed by atoms with Gasteiger partial charge in [0.05, 0.1) is 6.26 Å². The van der Waals surface area contributed by atoms with E-state index in [0.717, 1.165) is 16.3 Å². The van der Waals surface area contributed by atoms with Crippen molar-refractivity contribution in [2.45, 2.75) is 97.8 Å². The lowest BCUT2D eigenvalue weighted by Crippen LogP contribution is -2.62. The fraction of sp³-hybridized carbons (Fsp3) is 0.719. The molecule has 0 aromatic carbocycles. The number of hydrogen-bond acceptors (Lipinski definition) is 7. The van der Waals surface area contributed by atoms with Crippen molar-refractivity contribution in [2.75, 3.05) is 40.0 Å². The highest BCUT2D eigenvalue weighted by Gasteiger charge is 2.43. The molecule has 48 heavy (non-hydrogen) atoms. The topological polar surface area (TPSA) is 161 Å². The lowest BCUT2D eigenvalue weighted by atomic mass is 9.85. The Kier molecular flexibility index (Phi) is 14.3. The number of pyridine rings is 1. The number of urea groups is 1. The molecule has 3 N–H and O–H groups in total. The quantitative estimate of drug-likeness (QED) is 0.268. The van der Waals surface area contributed by atoms with Crippen LogP contribution >= 0.6 is 0 Å². The first-order chi connectivity index (χ1) is 22.0. The van der Waals surface area contributed by atoms with E-state index in [9.17, 15) is 36.4 Å². The summed E-state index contributed by atoms with van der Waals surface area (Å²) in [6.07, 6.45) is 0.00684. The molecule has 1 aliphatic heterocycles. The molecule has 0 radical (unpaired) electrons. The van der Waals surface area contributed by atoms with Crippen molar-refractivity contribution in [2.24, 2.45) is 10.8 Å². The van der Waals surface area contributed by atoms with Crippen LogP contribution in [0.3, 0.4) is 0 Å². The normalized spacial score (nSPS) is 17.5. The lowest BCUT2D eigenvalue weighted by molar-refractivity contribution is -0.143. The standard InChI is InChI=1S/C32H53F2N7O6S/c1-31(2,3)24(20-40(8)48(9,46)47)37-30(45)38-26(32(4,5)6)29(44)41-17-12-14-23(41)27(42)36-22(19-25(33)34)28(43)39(7)18-15-21-13-10-11-16-35-21/h10-11,13,16,22-26H,12,14-15,17-20H2,1-9H3,(H,36,42)(H2,37,38,45)/t22-,23-,24+,26+/m0/s1. The molecular weight excluding hydrogens is 648 g/mol. The van der Waals surface area contributed by atoms with Gasteiger partial charge in [0.2, 0.25) is 34.2 Å². The van der Waals surface area contributed by atoms with Crippen LogP contribution in [0, 0.1) is 10.8 Å². The van der Waals surface area contributed by atoms with Gasteiger partial charge in [0, 0.05) is 64.5 Å². The van der Waals surface area contributed by atoms with E-state index < -0.39 is 81.6 Å². The van der Waals surface area contributed by atoms with Crippen LogP contribution in [0.25, 0.3) is 0 Å². The van der Waals surface area contributed by atoms with Crippen LogP contribution in [-0.4, -0.2) is 122 Å². The minimum Gasteiger partial charge on any atom is -0.344 e. The Morgan fingerprint density at radius 2 is 1.67 bits per heavy atom. The van der Waals surface area contributed by atoms with Gasteiger partial charge in [-0.2, -0.15) is 0 Å². The molecule has 1 aromatic heterocycles. The number of nitrogens with zero attached hydrogens (tertiary/aromatic N) is 4. The van der Waals surface area contributed by atoms with Gasteiger partial charge in [-0.1, -0.05) is 47.6 Å². The Balaban J connectivity index is 2.19. The zero-order valence-corrected chi connectivity index (χ0v) is 30.4. The molecule has 272 valence electrons.